The van der Waals surface area contributed by atoms with Gasteiger partial charge in [0.2, 0.25) is 0 Å². The summed E-state index contributed by atoms with van der Waals surface area (Å²) in [5.41, 5.74) is 0. The summed E-state index contributed by atoms with van der Waals surface area (Å²) in [6.07, 6.45) is 0. The van der Waals surface area contributed by atoms with E-state index in [2.05, 4.69) is 4.74 Å². The second kappa shape index (κ2) is 5.85. The van der Waals surface area contributed by atoms with E-state index in [0.29, 0.717) is 0 Å². The van der Waals surface area contributed by atoms with E-state index in [4.69, 9.17) is 11.6 Å². The van der Waals surface area contributed by atoms with E-state index in [1.807, 2.05) is 0 Å². The van der Waals surface area contributed by atoms with Gasteiger partial charge in [0.25, 0.3) is 5.24 Å². The fourth-order valence-corrected chi connectivity index (χ4v) is 0.213. The Morgan fingerprint density at radius 3 is 2.11 bits per heavy atom. The van der Waals surface area contributed by atoms with Crippen LogP contribution in [0.25, 0.3) is 0 Å². The maximum atomic E-state index is 9.92. The van der Waals surface area contributed by atoms with Crippen molar-refractivity contribution >= 4 is 35.2 Å². The predicted molar refractivity (Wildman–Crippen MR) is 34.7 cm³/mol. The van der Waals surface area contributed by atoms with Gasteiger partial charge in [-0.3, -0.25) is 9.59 Å². The number of carbonyl (C=O) groups is 2. The number of halogens is 2. The lowest BCUT2D eigenvalue weighted by atomic mass is 10.7. The molecule has 0 aliphatic heterocycles. The number of rotatable bonds is 2. The second-order valence-electron chi connectivity index (χ2n) is 1.14. The van der Waals surface area contributed by atoms with E-state index < -0.39 is 11.2 Å². The molecule has 0 N–H and O–H groups in total. The van der Waals surface area contributed by atoms with Crippen molar-refractivity contribution < 1.29 is 14.3 Å². The summed E-state index contributed by atoms with van der Waals surface area (Å²) in [5, 5.41) is -0.666. The Labute approximate surface area is 63.7 Å². The van der Waals surface area contributed by atoms with E-state index in [0.717, 1.165) is 0 Å². The highest BCUT2D eigenvalue weighted by Gasteiger charge is 1.96. The van der Waals surface area contributed by atoms with E-state index in [1.54, 1.807) is 0 Å². The van der Waals surface area contributed by atoms with Crippen LogP contribution in [-0.2, 0) is 14.3 Å². The van der Waals surface area contributed by atoms with Gasteiger partial charge in [0.1, 0.15) is 0 Å². The molecule has 0 unspecified atom stereocenters. The quantitative estimate of drug-likeness (QED) is 0.456. The lowest BCUT2D eigenvalue weighted by Crippen LogP contribution is -2.05. The van der Waals surface area contributed by atoms with Crippen LogP contribution in [0.5, 0.6) is 0 Å². The number of esters is 1. The first-order valence-corrected chi connectivity index (χ1v) is 2.32. The molecule has 0 spiro atoms. The van der Waals surface area contributed by atoms with E-state index >= 15 is 0 Å². The van der Waals surface area contributed by atoms with Crippen molar-refractivity contribution in [3.63, 3.8) is 0 Å². The predicted octanol–water partition coefficient (Wildman–Crippen LogP) is 0.737. The molecule has 0 aromatic carbocycles. The molecule has 9 heavy (non-hydrogen) atoms. The molecule has 0 aromatic rings. The fraction of sp³-hybridized carbons (Fsp3) is 0.500. The Morgan fingerprint density at radius 2 is 2.00 bits per heavy atom. The minimum Gasteiger partial charge on any atom is -0.456 e. The lowest BCUT2D eigenvalue weighted by Gasteiger charge is -1.92. The summed E-state index contributed by atoms with van der Waals surface area (Å²) in [6.45, 7) is 0.872. The smallest absolute Gasteiger partial charge is 0.303 e. The molecule has 0 aliphatic rings. The molecule has 0 fully saturated rings. The Kier molecular flexibility index (Phi) is 7.48. The average molecular weight is 173 g/mol. The van der Waals surface area contributed by atoms with Gasteiger partial charge in [0.05, 0.1) is 0 Å². The van der Waals surface area contributed by atoms with Crippen LogP contribution in [0.2, 0.25) is 0 Å². The first kappa shape index (κ1) is 11.5. The van der Waals surface area contributed by atoms with Crippen LogP contribution in [0, 0.1) is 0 Å². The van der Waals surface area contributed by atoms with Gasteiger partial charge in [0.15, 0.2) is 6.61 Å². The molecular weight excluding hydrogens is 167 g/mol. The van der Waals surface area contributed by atoms with Crippen LogP contribution in [0.15, 0.2) is 0 Å². The molecule has 5 heteroatoms. The summed E-state index contributed by atoms with van der Waals surface area (Å²) in [6, 6.07) is 0. The van der Waals surface area contributed by atoms with E-state index in [1.165, 1.54) is 6.92 Å². The van der Waals surface area contributed by atoms with Crippen molar-refractivity contribution in [3.8, 4) is 0 Å². The SMILES string of the molecule is CC(=O)OCC(=O)Cl.Cl. The molecule has 0 aliphatic carbocycles. The summed E-state index contributed by atoms with van der Waals surface area (Å²) < 4.78 is 4.18. The Balaban J connectivity index is 0. The first-order valence-electron chi connectivity index (χ1n) is 1.94. The van der Waals surface area contributed by atoms with Gasteiger partial charge in [-0.1, -0.05) is 0 Å². The van der Waals surface area contributed by atoms with Crippen LogP contribution in [-0.4, -0.2) is 17.8 Å². The van der Waals surface area contributed by atoms with Gasteiger partial charge < -0.3 is 4.74 Å². The molecule has 0 aromatic heterocycles. The molecule has 0 amide bonds. The zero-order valence-corrected chi connectivity index (χ0v) is 6.29. The topological polar surface area (TPSA) is 43.4 Å². The highest BCUT2D eigenvalue weighted by molar-refractivity contribution is 6.64. The normalized spacial score (nSPS) is 7.33. The van der Waals surface area contributed by atoms with E-state index in [9.17, 15) is 9.59 Å². The van der Waals surface area contributed by atoms with Gasteiger partial charge >= 0.3 is 5.97 Å². The number of carbonyl (C=O) groups excluding carboxylic acids is 2. The van der Waals surface area contributed by atoms with Gasteiger partial charge in [0, 0.05) is 6.92 Å². The molecular formula is C4H6Cl2O3. The first-order chi connectivity index (χ1) is 3.63. The van der Waals surface area contributed by atoms with Crippen LogP contribution in [0.4, 0.5) is 0 Å². The Bertz CT molecular complexity index is 98.4. The zero-order valence-electron chi connectivity index (χ0n) is 4.72. The molecule has 0 saturated carbocycles. The molecule has 0 bridgehead atoms. The monoisotopic (exact) mass is 172 g/mol. The van der Waals surface area contributed by atoms with Crippen LogP contribution >= 0.6 is 24.0 Å². The minimum atomic E-state index is -0.666. The van der Waals surface area contributed by atoms with Crippen LogP contribution in [0.3, 0.4) is 0 Å². The standard InChI is InChI=1S/C4H5ClO3.ClH/c1-3(6)8-2-4(5)7;/h2H2,1H3;1H. The number of ether oxygens (including phenoxy) is 1. The molecule has 0 rings (SSSR count). The third-order valence-electron chi connectivity index (χ3n) is 0.389. The largest absolute Gasteiger partial charge is 0.456 e. The van der Waals surface area contributed by atoms with E-state index in [-0.39, 0.29) is 19.0 Å². The van der Waals surface area contributed by atoms with Crippen molar-refractivity contribution in [2.75, 3.05) is 6.61 Å². The van der Waals surface area contributed by atoms with Crippen molar-refractivity contribution in [1.29, 1.82) is 0 Å². The average Bonchev–Trinajstić information content (AvgIpc) is 1.61. The summed E-state index contributed by atoms with van der Waals surface area (Å²) in [5.74, 6) is -0.501. The minimum absolute atomic E-state index is 0. The molecule has 0 saturated heterocycles. The maximum Gasteiger partial charge on any atom is 0.303 e. The van der Waals surface area contributed by atoms with Gasteiger partial charge in [-0.2, -0.15) is 0 Å². The maximum absolute atomic E-state index is 9.92. The number of hydrogen-bond acceptors (Lipinski definition) is 3. The lowest BCUT2D eigenvalue weighted by molar-refractivity contribution is -0.143. The fourth-order valence-electron chi connectivity index (χ4n) is 0.158. The highest BCUT2D eigenvalue weighted by atomic mass is 35.5. The Morgan fingerprint density at radius 1 is 1.56 bits per heavy atom. The molecule has 0 atom stereocenters. The van der Waals surface area contributed by atoms with Crippen molar-refractivity contribution in [3.05, 3.63) is 0 Å². The van der Waals surface area contributed by atoms with Gasteiger partial charge in [-0.15, -0.1) is 12.4 Å². The molecule has 54 valence electrons. The van der Waals surface area contributed by atoms with Gasteiger partial charge in [-0.25, -0.2) is 0 Å². The Hall–Kier alpha value is -0.280. The summed E-state index contributed by atoms with van der Waals surface area (Å²) in [7, 11) is 0. The summed E-state index contributed by atoms with van der Waals surface area (Å²) in [4.78, 5) is 19.8. The molecule has 3 nitrogen and oxygen atoms in total. The summed E-state index contributed by atoms with van der Waals surface area (Å²) >= 11 is 4.81. The highest BCUT2D eigenvalue weighted by Crippen LogP contribution is 1.81. The van der Waals surface area contributed by atoms with Crippen LogP contribution in [0.1, 0.15) is 6.92 Å². The van der Waals surface area contributed by atoms with Crippen molar-refractivity contribution in [2.24, 2.45) is 0 Å². The molecule has 0 heterocycles. The molecule has 0 radical (unpaired) electrons. The van der Waals surface area contributed by atoms with Crippen molar-refractivity contribution in [1.82, 2.24) is 0 Å². The third-order valence-corrected chi connectivity index (χ3v) is 0.498. The third kappa shape index (κ3) is 11.3. The number of hydrogen-bond donors (Lipinski definition) is 0. The van der Waals surface area contributed by atoms with Gasteiger partial charge in [-0.05, 0) is 11.6 Å². The van der Waals surface area contributed by atoms with Crippen LogP contribution < -0.4 is 0 Å². The second-order valence-corrected chi connectivity index (χ2v) is 1.56. The van der Waals surface area contributed by atoms with Crippen molar-refractivity contribution in [2.45, 2.75) is 6.92 Å². The zero-order chi connectivity index (χ0) is 6.57.